The highest BCUT2D eigenvalue weighted by molar-refractivity contribution is 5.89. The van der Waals surface area contributed by atoms with Crippen molar-refractivity contribution in [3.63, 3.8) is 0 Å². The molecule has 0 bridgehead atoms. The number of rotatable bonds is 3. The molecule has 0 unspecified atom stereocenters. The molecule has 0 aromatic heterocycles. The maximum Gasteiger partial charge on any atom is 0.335 e. The lowest BCUT2D eigenvalue weighted by Gasteiger charge is -2.01. The minimum Gasteiger partial charge on any atom is -0.478 e. The van der Waals surface area contributed by atoms with E-state index in [-0.39, 0.29) is 12.2 Å². The van der Waals surface area contributed by atoms with Gasteiger partial charge in [0.1, 0.15) is 6.29 Å². The van der Waals surface area contributed by atoms with E-state index in [4.69, 9.17) is 10.2 Å². The maximum atomic E-state index is 10.5. The van der Waals surface area contributed by atoms with Gasteiger partial charge in [0.05, 0.1) is 12.2 Å². The van der Waals surface area contributed by atoms with E-state index in [0.717, 1.165) is 0 Å². The summed E-state index contributed by atoms with van der Waals surface area (Å²) in [4.78, 5) is 20.9. The average molecular weight is 180 g/mol. The molecule has 1 rings (SSSR count). The fourth-order valence-corrected chi connectivity index (χ4v) is 0.991. The van der Waals surface area contributed by atoms with Crippen LogP contribution in [0.2, 0.25) is 0 Å². The smallest absolute Gasteiger partial charge is 0.335 e. The number of aliphatic hydroxyl groups is 1. The summed E-state index contributed by atoms with van der Waals surface area (Å²) in [6.07, 6.45) is 0.581. The number of hydrogen-bond donors (Lipinski definition) is 2. The molecule has 0 heterocycles. The third-order valence-corrected chi connectivity index (χ3v) is 1.69. The van der Waals surface area contributed by atoms with Gasteiger partial charge in [-0.15, -0.1) is 0 Å². The molecule has 0 atom stereocenters. The molecule has 1 aromatic rings. The molecular formula is C9H8O4. The van der Waals surface area contributed by atoms with Crippen molar-refractivity contribution in [2.75, 3.05) is 0 Å². The van der Waals surface area contributed by atoms with Crippen molar-refractivity contribution in [3.8, 4) is 0 Å². The molecule has 0 amide bonds. The predicted octanol–water partition coefficient (Wildman–Crippen LogP) is 0.690. The molecule has 0 aliphatic rings. The predicted molar refractivity (Wildman–Crippen MR) is 44.7 cm³/mol. The van der Waals surface area contributed by atoms with Gasteiger partial charge >= 0.3 is 5.97 Å². The maximum absolute atomic E-state index is 10.5. The first-order valence-corrected chi connectivity index (χ1v) is 3.61. The summed E-state index contributed by atoms with van der Waals surface area (Å²) in [5, 5.41) is 17.4. The first-order valence-electron chi connectivity index (χ1n) is 3.61. The zero-order valence-corrected chi connectivity index (χ0v) is 6.73. The number of benzene rings is 1. The number of aliphatic hydroxyl groups excluding tert-OH is 1. The molecule has 1 aromatic carbocycles. The Kier molecular flexibility index (Phi) is 2.76. The number of hydrogen-bond acceptors (Lipinski definition) is 3. The monoisotopic (exact) mass is 180 g/mol. The Morgan fingerprint density at radius 3 is 2.62 bits per heavy atom. The summed E-state index contributed by atoms with van der Waals surface area (Å²) in [7, 11) is 0. The Morgan fingerprint density at radius 2 is 2.15 bits per heavy atom. The lowest BCUT2D eigenvalue weighted by atomic mass is 10.1. The van der Waals surface area contributed by atoms with Crippen LogP contribution in [0.25, 0.3) is 0 Å². The van der Waals surface area contributed by atoms with Gasteiger partial charge < -0.3 is 10.2 Å². The molecule has 2 N–H and O–H groups in total. The summed E-state index contributed by atoms with van der Waals surface area (Å²) in [5.74, 6) is -1.08. The lowest BCUT2D eigenvalue weighted by Crippen LogP contribution is -2.00. The Bertz CT molecular complexity index is 343. The van der Waals surface area contributed by atoms with Gasteiger partial charge in [0.25, 0.3) is 0 Å². The quantitative estimate of drug-likeness (QED) is 0.671. The van der Waals surface area contributed by atoms with E-state index in [1.54, 1.807) is 0 Å². The number of carbonyl (C=O) groups is 2. The van der Waals surface area contributed by atoms with Crippen LogP contribution in [-0.4, -0.2) is 22.5 Å². The van der Waals surface area contributed by atoms with Crippen LogP contribution in [0.3, 0.4) is 0 Å². The Morgan fingerprint density at radius 1 is 1.46 bits per heavy atom. The first-order chi connectivity index (χ1) is 6.19. The zero-order chi connectivity index (χ0) is 9.84. The topological polar surface area (TPSA) is 74.6 Å². The van der Waals surface area contributed by atoms with E-state index >= 15 is 0 Å². The molecule has 0 saturated heterocycles. The van der Waals surface area contributed by atoms with Crippen LogP contribution in [0.15, 0.2) is 18.2 Å². The van der Waals surface area contributed by atoms with Crippen LogP contribution >= 0.6 is 0 Å². The summed E-state index contributed by atoms with van der Waals surface area (Å²) in [6, 6.07) is 3.99. The standard InChI is InChI=1S/C9H8O4/c10-4-7-2-1-6(9(12)13)3-8(7)5-11/h1-4,11H,5H2,(H,12,13). The second-order valence-electron chi connectivity index (χ2n) is 2.49. The van der Waals surface area contributed by atoms with E-state index < -0.39 is 5.97 Å². The molecular weight excluding hydrogens is 172 g/mol. The van der Waals surface area contributed by atoms with Crippen molar-refractivity contribution in [3.05, 3.63) is 34.9 Å². The van der Waals surface area contributed by atoms with E-state index in [1.165, 1.54) is 18.2 Å². The van der Waals surface area contributed by atoms with Crippen LogP contribution < -0.4 is 0 Å². The molecule has 4 heteroatoms. The summed E-state index contributed by atoms with van der Waals surface area (Å²) in [6.45, 7) is -0.338. The number of carboxylic acids is 1. The van der Waals surface area contributed by atoms with E-state index in [2.05, 4.69) is 0 Å². The Balaban J connectivity index is 3.20. The summed E-state index contributed by atoms with van der Waals surface area (Å²) >= 11 is 0. The van der Waals surface area contributed by atoms with Crippen molar-refractivity contribution >= 4 is 12.3 Å². The second-order valence-corrected chi connectivity index (χ2v) is 2.49. The zero-order valence-electron chi connectivity index (χ0n) is 6.73. The first kappa shape index (κ1) is 9.41. The SMILES string of the molecule is O=Cc1ccc(C(=O)O)cc1CO. The van der Waals surface area contributed by atoms with Crippen molar-refractivity contribution in [2.45, 2.75) is 6.61 Å². The van der Waals surface area contributed by atoms with Crippen molar-refractivity contribution in [1.82, 2.24) is 0 Å². The normalized spacial score (nSPS) is 9.62. The molecule has 68 valence electrons. The third-order valence-electron chi connectivity index (χ3n) is 1.69. The molecule has 4 nitrogen and oxygen atoms in total. The molecule has 0 spiro atoms. The van der Waals surface area contributed by atoms with Gasteiger partial charge in [-0.05, 0) is 17.7 Å². The minimum absolute atomic E-state index is 0.0645. The molecule has 13 heavy (non-hydrogen) atoms. The fourth-order valence-electron chi connectivity index (χ4n) is 0.991. The van der Waals surface area contributed by atoms with Crippen molar-refractivity contribution in [1.29, 1.82) is 0 Å². The number of aromatic carboxylic acids is 1. The molecule has 0 fully saturated rings. The van der Waals surface area contributed by atoms with Crippen molar-refractivity contribution < 1.29 is 19.8 Å². The molecule has 0 aliphatic carbocycles. The van der Waals surface area contributed by atoms with Gasteiger partial charge in [-0.25, -0.2) is 4.79 Å². The Labute approximate surface area is 74.4 Å². The second kappa shape index (κ2) is 3.82. The van der Waals surface area contributed by atoms with Gasteiger partial charge in [0.2, 0.25) is 0 Å². The Hall–Kier alpha value is -1.68. The summed E-state index contributed by atoms with van der Waals surface area (Å²) < 4.78 is 0. The summed E-state index contributed by atoms with van der Waals surface area (Å²) in [5.41, 5.74) is 0.706. The van der Waals surface area contributed by atoms with Gasteiger partial charge in [0.15, 0.2) is 0 Å². The highest BCUT2D eigenvalue weighted by Gasteiger charge is 2.06. The largest absolute Gasteiger partial charge is 0.478 e. The highest BCUT2D eigenvalue weighted by atomic mass is 16.4. The van der Waals surface area contributed by atoms with E-state index in [0.29, 0.717) is 17.4 Å². The number of carboxylic acid groups (broad SMARTS) is 1. The lowest BCUT2D eigenvalue weighted by molar-refractivity contribution is 0.0696. The van der Waals surface area contributed by atoms with Gasteiger partial charge in [-0.1, -0.05) is 6.07 Å². The van der Waals surface area contributed by atoms with Crippen LogP contribution in [0.5, 0.6) is 0 Å². The minimum atomic E-state index is -1.08. The highest BCUT2D eigenvalue weighted by Crippen LogP contribution is 2.10. The molecule has 0 aliphatic heterocycles. The molecule has 0 saturated carbocycles. The molecule has 0 radical (unpaired) electrons. The van der Waals surface area contributed by atoms with Crippen LogP contribution in [-0.2, 0) is 6.61 Å². The van der Waals surface area contributed by atoms with E-state index in [9.17, 15) is 9.59 Å². The van der Waals surface area contributed by atoms with Crippen LogP contribution in [0.1, 0.15) is 26.3 Å². The van der Waals surface area contributed by atoms with Crippen molar-refractivity contribution in [2.24, 2.45) is 0 Å². The van der Waals surface area contributed by atoms with Crippen LogP contribution in [0, 0.1) is 0 Å². The average Bonchev–Trinajstić information content (AvgIpc) is 2.16. The van der Waals surface area contributed by atoms with Gasteiger partial charge in [0, 0.05) is 5.56 Å². The third kappa shape index (κ3) is 1.91. The van der Waals surface area contributed by atoms with Gasteiger partial charge in [-0.3, -0.25) is 4.79 Å². The number of carbonyl (C=O) groups excluding carboxylic acids is 1. The number of aldehydes is 1. The fraction of sp³-hybridized carbons (Fsp3) is 0.111. The van der Waals surface area contributed by atoms with E-state index in [1.807, 2.05) is 0 Å². The van der Waals surface area contributed by atoms with Gasteiger partial charge in [-0.2, -0.15) is 0 Å². The van der Waals surface area contributed by atoms with Crippen LogP contribution in [0.4, 0.5) is 0 Å².